The molecule has 0 bridgehead atoms. The van der Waals surface area contributed by atoms with E-state index in [0.29, 0.717) is 17.0 Å². The first kappa shape index (κ1) is 20.2. The molecule has 3 aromatic rings. The Bertz CT molecular complexity index is 1180. The SMILES string of the molecule is C[C@@H](Oc1ccc(/C=C(\C#N)c2nn(-c3ccccc3)c(N)c2C#N)cc1)C(=O)O. The van der Waals surface area contributed by atoms with E-state index in [0.717, 1.165) is 0 Å². The molecule has 1 aromatic heterocycles. The molecule has 3 rings (SSSR count). The Labute approximate surface area is 172 Å². The van der Waals surface area contributed by atoms with Gasteiger partial charge in [0.1, 0.15) is 35.0 Å². The zero-order valence-corrected chi connectivity index (χ0v) is 16.0. The Morgan fingerprint density at radius 1 is 1.20 bits per heavy atom. The lowest BCUT2D eigenvalue weighted by molar-refractivity contribution is -0.144. The van der Waals surface area contributed by atoms with Crippen LogP contribution in [0.15, 0.2) is 54.6 Å². The van der Waals surface area contributed by atoms with Crippen molar-refractivity contribution in [1.29, 1.82) is 10.5 Å². The first-order chi connectivity index (χ1) is 14.4. The number of carboxylic acid groups (broad SMARTS) is 1. The van der Waals surface area contributed by atoms with Crippen LogP contribution in [0.1, 0.15) is 23.7 Å². The largest absolute Gasteiger partial charge is 0.479 e. The molecule has 0 amide bonds. The number of nitriles is 2. The molecule has 30 heavy (non-hydrogen) atoms. The first-order valence-corrected chi connectivity index (χ1v) is 8.90. The van der Waals surface area contributed by atoms with Gasteiger partial charge in [-0.3, -0.25) is 0 Å². The maximum absolute atomic E-state index is 10.9. The van der Waals surface area contributed by atoms with Crippen molar-refractivity contribution in [2.24, 2.45) is 0 Å². The summed E-state index contributed by atoms with van der Waals surface area (Å²) in [5, 5.41) is 32.5. The van der Waals surface area contributed by atoms with Crippen molar-refractivity contribution in [2.45, 2.75) is 13.0 Å². The summed E-state index contributed by atoms with van der Waals surface area (Å²) in [6, 6.07) is 19.7. The van der Waals surface area contributed by atoms with Gasteiger partial charge in [0.05, 0.1) is 11.3 Å². The van der Waals surface area contributed by atoms with Crippen LogP contribution in [0.3, 0.4) is 0 Å². The minimum absolute atomic E-state index is 0.113. The number of benzene rings is 2. The summed E-state index contributed by atoms with van der Waals surface area (Å²) in [6.07, 6.45) is 0.590. The normalized spacial score (nSPS) is 11.9. The number of aromatic nitrogens is 2. The Kier molecular flexibility index (Phi) is 5.81. The lowest BCUT2D eigenvalue weighted by atomic mass is 10.1. The maximum atomic E-state index is 10.9. The van der Waals surface area contributed by atoms with Gasteiger partial charge < -0.3 is 15.6 Å². The minimum Gasteiger partial charge on any atom is -0.479 e. The molecule has 8 heteroatoms. The third-order valence-corrected chi connectivity index (χ3v) is 4.26. The van der Waals surface area contributed by atoms with Gasteiger partial charge in [-0.15, -0.1) is 0 Å². The Hall–Kier alpha value is -4.56. The molecule has 3 N–H and O–H groups in total. The predicted molar refractivity (Wildman–Crippen MR) is 110 cm³/mol. The summed E-state index contributed by atoms with van der Waals surface area (Å²) in [5.74, 6) is -0.538. The second-order valence-corrected chi connectivity index (χ2v) is 6.31. The van der Waals surface area contributed by atoms with Gasteiger partial charge in [0, 0.05) is 0 Å². The summed E-state index contributed by atoms with van der Waals surface area (Å²) in [4.78, 5) is 10.9. The van der Waals surface area contributed by atoms with Gasteiger partial charge in [-0.2, -0.15) is 15.6 Å². The third kappa shape index (κ3) is 4.13. The number of carbonyl (C=O) groups is 1. The number of carboxylic acids is 1. The van der Waals surface area contributed by atoms with Gasteiger partial charge in [-0.25, -0.2) is 9.48 Å². The van der Waals surface area contributed by atoms with E-state index in [9.17, 15) is 15.3 Å². The lowest BCUT2D eigenvalue weighted by Crippen LogP contribution is -2.22. The second-order valence-electron chi connectivity index (χ2n) is 6.31. The summed E-state index contributed by atoms with van der Waals surface area (Å²) < 4.78 is 6.71. The zero-order valence-electron chi connectivity index (χ0n) is 16.0. The van der Waals surface area contributed by atoms with Crippen LogP contribution >= 0.6 is 0 Å². The summed E-state index contributed by atoms with van der Waals surface area (Å²) >= 11 is 0. The Balaban J connectivity index is 1.97. The molecule has 0 saturated heterocycles. The van der Waals surface area contributed by atoms with Crippen LogP contribution in [0.2, 0.25) is 0 Å². The molecule has 2 aromatic carbocycles. The molecule has 1 atom stereocenters. The van der Waals surface area contributed by atoms with E-state index in [1.807, 2.05) is 24.3 Å². The highest BCUT2D eigenvalue weighted by Gasteiger charge is 2.20. The second kappa shape index (κ2) is 8.63. The molecule has 8 nitrogen and oxygen atoms in total. The number of nitrogens with zero attached hydrogens (tertiary/aromatic N) is 4. The number of anilines is 1. The molecule has 0 fully saturated rings. The van der Waals surface area contributed by atoms with Crippen LogP contribution in [0, 0.1) is 22.7 Å². The van der Waals surface area contributed by atoms with Gasteiger partial charge in [0.2, 0.25) is 0 Å². The Morgan fingerprint density at radius 2 is 1.87 bits per heavy atom. The van der Waals surface area contributed by atoms with Crippen molar-refractivity contribution < 1.29 is 14.6 Å². The molecular weight excluding hydrogens is 382 g/mol. The van der Waals surface area contributed by atoms with Crippen molar-refractivity contribution in [3.63, 3.8) is 0 Å². The molecule has 0 saturated carbocycles. The van der Waals surface area contributed by atoms with Crippen LogP contribution < -0.4 is 10.5 Å². The third-order valence-electron chi connectivity index (χ3n) is 4.26. The van der Waals surface area contributed by atoms with E-state index >= 15 is 0 Å². The summed E-state index contributed by atoms with van der Waals surface area (Å²) in [6.45, 7) is 1.43. The number of nitrogen functional groups attached to an aromatic ring is 1. The molecule has 0 aliphatic heterocycles. The average molecular weight is 399 g/mol. The van der Waals surface area contributed by atoms with Crippen molar-refractivity contribution in [3.05, 3.63) is 71.4 Å². The summed E-state index contributed by atoms with van der Waals surface area (Å²) in [7, 11) is 0. The monoisotopic (exact) mass is 399 g/mol. The standard InChI is InChI=1S/C22H17N5O3/c1-14(22(28)29)30-18-9-7-15(8-10-18)11-16(12-23)20-19(13-24)21(25)27(26-20)17-5-3-2-4-6-17/h2-11,14H,25H2,1H3,(H,28,29)/b16-11+/t14-/m1/s1. The van der Waals surface area contributed by atoms with Crippen LogP contribution in [0.25, 0.3) is 17.3 Å². The number of hydrogen-bond acceptors (Lipinski definition) is 6. The highest BCUT2D eigenvalue weighted by molar-refractivity contribution is 5.91. The lowest BCUT2D eigenvalue weighted by Gasteiger charge is -2.10. The number of aliphatic carboxylic acids is 1. The highest BCUT2D eigenvalue weighted by Crippen LogP contribution is 2.27. The molecule has 0 unspecified atom stereocenters. The van der Waals surface area contributed by atoms with Crippen molar-refractivity contribution >= 4 is 23.4 Å². The van der Waals surface area contributed by atoms with Gasteiger partial charge >= 0.3 is 5.97 Å². The van der Waals surface area contributed by atoms with E-state index in [1.54, 1.807) is 42.5 Å². The minimum atomic E-state index is -1.07. The van der Waals surface area contributed by atoms with E-state index in [1.165, 1.54) is 11.6 Å². The number of allylic oxidation sites excluding steroid dienone is 1. The number of nitrogens with two attached hydrogens (primary N) is 1. The summed E-state index contributed by atoms with van der Waals surface area (Å²) in [5.41, 5.74) is 7.88. The van der Waals surface area contributed by atoms with Gasteiger partial charge in [0.25, 0.3) is 0 Å². The van der Waals surface area contributed by atoms with Crippen molar-refractivity contribution in [2.75, 3.05) is 5.73 Å². The van der Waals surface area contributed by atoms with Crippen LogP contribution in [-0.4, -0.2) is 27.0 Å². The molecule has 1 heterocycles. The van der Waals surface area contributed by atoms with E-state index in [2.05, 4.69) is 11.2 Å². The molecular formula is C22H17N5O3. The zero-order chi connectivity index (χ0) is 21.7. The number of para-hydroxylation sites is 1. The van der Waals surface area contributed by atoms with Crippen molar-refractivity contribution in [1.82, 2.24) is 9.78 Å². The fraction of sp³-hybridized carbons (Fsp3) is 0.0909. The molecule has 0 radical (unpaired) electrons. The molecule has 148 valence electrons. The number of hydrogen-bond donors (Lipinski definition) is 2. The number of ether oxygens (including phenoxy) is 1. The van der Waals surface area contributed by atoms with E-state index < -0.39 is 12.1 Å². The van der Waals surface area contributed by atoms with Crippen LogP contribution in [-0.2, 0) is 4.79 Å². The predicted octanol–water partition coefficient (Wildman–Crippen LogP) is 3.24. The van der Waals surface area contributed by atoms with Gasteiger partial charge in [-0.1, -0.05) is 30.3 Å². The van der Waals surface area contributed by atoms with E-state index in [4.69, 9.17) is 15.6 Å². The Morgan fingerprint density at radius 3 is 2.43 bits per heavy atom. The fourth-order valence-corrected chi connectivity index (χ4v) is 2.71. The van der Waals surface area contributed by atoms with Gasteiger partial charge in [-0.05, 0) is 42.8 Å². The van der Waals surface area contributed by atoms with Crippen molar-refractivity contribution in [3.8, 4) is 23.6 Å². The first-order valence-electron chi connectivity index (χ1n) is 8.90. The quantitative estimate of drug-likeness (QED) is 0.607. The molecule has 0 aliphatic rings. The van der Waals surface area contributed by atoms with Gasteiger partial charge in [0.15, 0.2) is 6.10 Å². The van der Waals surface area contributed by atoms with E-state index in [-0.39, 0.29) is 22.6 Å². The fourth-order valence-electron chi connectivity index (χ4n) is 2.71. The highest BCUT2D eigenvalue weighted by atomic mass is 16.5. The van der Waals surface area contributed by atoms with Crippen LogP contribution in [0.5, 0.6) is 5.75 Å². The molecule has 0 spiro atoms. The number of rotatable bonds is 6. The maximum Gasteiger partial charge on any atom is 0.344 e. The average Bonchev–Trinajstić information content (AvgIpc) is 3.09. The topological polar surface area (TPSA) is 138 Å². The smallest absolute Gasteiger partial charge is 0.344 e. The molecule has 0 aliphatic carbocycles. The van der Waals surface area contributed by atoms with Crippen LogP contribution in [0.4, 0.5) is 5.82 Å².